The smallest absolute Gasteiger partial charge is 0.410 e. The molecule has 4 heteroatoms. The molecule has 0 aliphatic carbocycles. The van der Waals surface area contributed by atoms with Crippen LogP contribution in [0.25, 0.3) is 0 Å². The average Bonchev–Trinajstić information content (AvgIpc) is 2.64. The summed E-state index contributed by atoms with van der Waals surface area (Å²) in [6.45, 7) is 7.02. The number of carbonyl (C=O) groups is 1. The largest absolute Gasteiger partial charge is 0.444 e. The Hall–Kier alpha value is -1.50. The predicted octanol–water partition coefficient (Wildman–Crippen LogP) is 2.71. The third kappa shape index (κ3) is 4.90. The lowest BCUT2D eigenvalue weighted by molar-refractivity contribution is 0.0291. The molecule has 0 aromatic rings. The maximum Gasteiger partial charge on any atom is 0.410 e. The maximum absolute atomic E-state index is 11.8. The quantitative estimate of drug-likeness (QED) is 0.693. The van der Waals surface area contributed by atoms with Crippen LogP contribution in [0.2, 0.25) is 0 Å². The van der Waals surface area contributed by atoms with Crippen molar-refractivity contribution in [1.29, 1.82) is 5.26 Å². The average molecular weight is 236 g/mol. The summed E-state index contributed by atoms with van der Waals surface area (Å²) in [5, 5.41) is 8.42. The van der Waals surface area contributed by atoms with Gasteiger partial charge in [-0.2, -0.15) is 5.26 Å². The van der Waals surface area contributed by atoms with E-state index in [1.165, 1.54) is 0 Å². The molecule has 17 heavy (non-hydrogen) atoms. The highest BCUT2D eigenvalue weighted by molar-refractivity contribution is 5.68. The van der Waals surface area contributed by atoms with Crippen LogP contribution in [0.3, 0.4) is 0 Å². The van der Waals surface area contributed by atoms with Crippen LogP contribution in [0.5, 0.6) is 0 Å². The van der Waals surface area contributed by atoms with Gasteiger partial charge in [-0.1, -0.05) is 12.2 Å². The van der Waals surface area contributed by atoms with Gasteiger partial charge in [-0.05, 0) is 33.1 Å². The summed E-state index contributed by atoms with van der Waals surface area (Å²) in [5.74, 6) is 0.357. The molecule has 1 aliphatic heterocycles. The van der Waals surface area contributed by atoms with Gasteiger partial charge in [0, 0.05) is 13.1 Å². The fourth-order valence-corrected chi connectivity index (χ4v) is 1.75. The van der Waals surface area contributed by atoms with E-state index in [-0.39, 0.29) is 6.09 Å². The summed E-state index contributed by atoms with van der Waals surface area (Å²) in [5.41, 5.74) is -0.439. The van der Waals surface area contributed by atoms with Crippen LogP contribution < -0.4 is 0 Å². The summed E-state index contributed by atoms with van der Waals surface area (Å²) in [7, 11) is 0. The molecule has 1 rings (SSSR count). The van der Waals surface area contributed by atoms with Gasteiger partial charge in [0.25, 0.3) is 0 Å². The van der Waals surface area contributed by atoms with Gasteiger partial charge in [0.1, 0.15) is 5.60 Å². The highest BCUT2D eigenvalue weighted by Gasteiger charge is 2.28. The molecule has 1 aliphatic rings. The molecule has 0 aromatic heterocycles. The minimum atomic E-state index is -0.439. The van der Waals surface area contributed by atoms with Gasteiger partial charge in [-0.25, -0.2) is 4.79 Å². The van der Waals surface area contributed by atoms with Crippen LogP contribution >= 0.6 is 0 Å². The third-order valence-electron chi connectivity index (χ3n) is 2.49. The number of hydrogen-bond donors (Lipinski definition) is 0. The van der Waals surface area contributed by atoms with Crippen molar-refractivity contribution < 1.29 is 9.53 Å². The molecule has 0 aromatic carbocycles. The van der Waals surface area contributed by atoms with Gasteiger partial charge < -0.3 is 9.64 Å². The normalized spacial score (nSPS) is 20.6. The van der Waals surface area contributed by atoms with Crippen LogP contribution in [-0.2, 0) is 4.74 Å². The van der Waals surface area contributed by atoms with Crippen molar-refractivity contribution in [3.8, 4) is 6.07 Å². The van der Waals surface area contributed by atoms with E-state index in [4.69, 9.17) is 10.00 Å². The molecule has 0 radical (unpaired) electrons. The molecule has 1 amide bonds. The molecule has 0 spiro atoms. The number of likely N-dealkylation sites (tertiary alicyclic amines) is 1. The SMILES string of the molecule is CC(C)(C)OC(=O)N1CCC(/C=C/CC#N)C1. The third-order valence-corrected chi connectivity index (χ3v) is 2.49. The molecular formula is C13H20N2O2. The van der Waals surface area contributed by atoms with Gasteiger partial charge in [-0.15, -0.1) is 0 Å². The van der Waals surface area contributed by atoms with Crippen LogP contribution in [-0.4, -0.2) is 29.7 Å². The topological polar surface area (TPSA) is 53.3 Å². The van der Waals surface area contributed by atoms with Crippen molar-refractivity contribution >= 4 is 6.09 Å². The summed E-state index contributed by atoms with van der Waals surface area (Å²) in [6, 6.07) is 2.06. The monoisotopic (exact) mass is 236 g/mol. The lowest BCUT2D eigenvalue weighted by Crippen LogP contribution is -2.35. The van der Waals surface area contributed by atoms with Gasteiger partial charge in [0.15, 0.2) is 0 Å². The van der Waals surface area contributed by atoms with E-state index in [9.17, 15) is 4.79 Å². The van der Waals surface area contributed by atoms with Crippen molar-refractivity contribution in [2.75, 3.05) is 13.1 Å². The van der Waals surface area contributed by atoms with E-state index in [0.717, 1.165) is 13.0 Å². The molecule has 1 unspecified atom stereocenters. The van der Waals surface area contributed by atoms with Gasteiger partial charge >= 0.3 is 6.09 Å². The highest BCUT2D eigenvalue weighted by atomic mass is 16.6. The maximum atomic E-state index is 11.8. The fraction of sp³-hybridized carbons (Fsp3) is 0.692. The van der Waals surface area contributed by atoms with E-state index in [0.29, 0.717) is 18.9 Å². The number of ether oxygens (including phenoxy) is 1. The van der Waals surface area contributed by atoms with Crippen LogP contribution in [0.15, 0.2) is 12.2 Å². The molecule has 94 valence electrons. The molecule has 0 saturated carbocycles. The summed E-state index contributed by atoms with van der Waals surface area (Å²) in [4.78, 5) is 13.5. The molecular weight excluding hydrogens is 216 g/mol. The molecule has 1 heterocycles. The second-order valence-electron chi connectivity index (χ2n) is 5.27. The number of nitrogens with zero attached hydrogens (tertiary/aromatic N) is 2. The number of carbonyl (C=O) groups excluding carboxylic acids is 1. The Morgan fingerprint density at radius 2 is 2.29 bits per heavy atom. The van der Waals surface area contributed by atoms with Crippen LogP contribution in [0, 0.1) is 17.2 Å². The van der Waals surface area contributed by atoms with Crippen molar-refractivity contribution in [1.82, 2.24) is 4.90 Å². The first-order chi connectivity index (χ1) is 7.92. The van der Waals surface area contributed by atoms with E-state index < -0.39 is 5.60 Å². The molecule has 0 bridgehead atoms. The zero-order valence-corrected chi connectivity index (χ0v) is 10.8. The number of rotatable bonds is 2. The standard InChI is InChI=1S/C13H20N2O2/c1-13(2,3)17-12(16)15-9-7-11(10-15)6-4-5-8-14/h4,6,11H,5,7,9-10H2,1-3H3/b6-4+. The number of nitriles is 1. The highest BCUT2D eigenvalue weighted by Crippen LogP contribution is 2.20. The first-order valence-electron chi connectivity index (χ1n) is 5.94. The van der Waals surface area contributed by atoms with Gasteiger partial charge in [-0.3, -0.25) is 0 Å². The predicted molar refractivity (Wildman–Crippen MR) is 65.3 cm³/mol. The summed E-state index contributed by atoms with van der Waals surface area (Å²) >= 11 is 0. The van der Waals surface area contributed by atoms with E-state index >= 15 is 0 Å². The molecule has 1 saturated heterocycles. The Kier molecular flexibility index (Phi) is 4.56. The Bertz CT molecular complexity index is 336. The zero-order chi connectivity index (χ0) is 12.9. The van der Waals surface area contributed by atoms with E-state index in [1.807, 2.05) is 32.9 Å². The lowest BCUT2D eigenvalue weighted by Gasteiger charge is -2.24. The second kappa shape index (κ2) is 5.72. The summed E-state index contributed by atoms with van der Waals surface area (Å²) < 4.78 is 5.31. The van der Waals surface area contributed by atoms with Crippen molar-refractivity contribution in [2.45, 2.75) is 39.2 Å². The Labute approximate surface area is 103 Å². The Morgan fingerprint density at radius 3 is 2.88 bits per heavy atom. The minimum absolute atomic E-state index is 0.242. The van der Waals surface area contributed by atoms with Crippen molar-refractivity contribution in [2.24, 2.45) is 5.92 Å². The van der Waals surface area contributed by atoms with E-state index in [1.54, 1.807) is 4.90 Å². The number of amides is 1. The number of hydrogen-bond acceptors (Lipinski definition) is 3. The molecule has 4 nitrogen and oxygen atoms in total. The first-order valence-corrected chi connectivity index (χ1v) is 5.94. The fourth-order valence-electron chi connectivity index (χ4n) is 1.75. The Morgan fingerprint density at radius 1 is 1.59 bits per heavy atom. The van der Waals surface area contributed by atoms with Gasteiger partial charge in [0.2, 0.25) is 0 Å². The summed E-state index contributed by atoms with van der Waals surface area (Å²) in [6.07, 6.45) is 5.02. The minimum Gasteiger partial charge on any atom is -0.444 e. The van der Waals surface area contributed by atoms with Crippen LogP contribution in [0.1, 0.15) is 33.6 Å². The van der Waals surface area contributed by atoms with Crippen LogP contribution in [0.4, 0.5) is 4.79 Å². The number of allylic oxidation sites excluding steroid dienone is 1. The first kappa shape index (κ1) is 13.6. The lowest BCUT2D eigenvalue weighted by atomic mass is 10.1. The van der Waals surface area contributed by atoms with Crippen molar-refractivity contribution in [3.63, 3.8) is 0 Å². The second-order valence-corrected chi connectivity index (χ2v) is 5.27. The Balaban J connectivity index is 2.40. The van der Waals surface area contributed by atoms with E-state index in [2.05, 4.69) is 6.07 Å². The molecule has 1 fully saturated rings. The molecule has 0 N–H and O–H groups in total. The zero-order valence-electron chi connectivity index (χ0n) is 10.8. The van der Waals surface area contributed by atoms with Gasteiger partial charge in [0.05, 0.1) is 12.5 Å². The van der Waals surface area contributed by atoms with Crippen molar-refractivity contribution in [3.05, 3.63) is 12.2 Å². The molecule has 1 atom stereocenters.